The molecule has 4 heterocycles. The lowest BCUT2D eigenvalue weighted by Gasteiger charge is -2.16. The highest BCUT2D eigenvalue weighted by Crippen LogP contribution is 2.17. The summed E-state index contributed by atoms with van der Waals surface area (Å²) in [6.07, 6.45) is 4.36. The van der Waals surface area contributed by atoms with Crippen LogP contribution in [0.15, 0.2) is 36.7 Å². The molecule has 0 saturated carbocycles. The van der Waals surface area contributed by atoms with E-state index in [-0.39, 0.29) is 24.3 Å². The van der Waals surface area contributed by atoms with Crippen molar-refractivity contribution in [2.45, 2.75) is 18.9 Å². The molecule has 10 nitrogen and oxygen atoms in total. The molecule has 1 aliphatic rings. The van der Waals surface area contributed by atoms with Gasteiger partial charge in [0, 0.05) is 31.5 Å². The summed E-state index contributed by atoms with van der Waals surface area (Å²) in [5.74, 6) is 0.214. The van der Waals surface area contributed by atoms with Crippen LogP contribution in [0.25, 0.3) is 11.5 Å². The Morgan fingerprint density at radius 1 is 1.30 bits per heavy atom. The Kier molecular flexibility index (Phi) is 4.60. The van der Waals surface area contributed by atoms with Crippen LogP contribution < -0.4 is 5.32 Å². The molecule has 1 atom stereocenters. The third-order valence-corrected chi connectivity index (χ3v) is 4.43. The second kappa shape index (κ2) is 7.36. The molecule has 3 N–H and O–H groups in total. The lowest BCUT2D eigenvalue weighted by Crippen LogP contribution is -2.39. The molecule has 3 aromatic rings. The molecule has 0 aliphatic carbocycles. The molecule has 2 amide bonds. The van der Waals surface area contributed by atoms with Crippen molar-refractivity contribution >= 4 is 11.8 Å². The van der Waals surface area contributed by atoms with E-state index in [0.717, 1.165) is 12.0 Å². The van der Waals surface area contributed by atoms with Gasteiger partial charge >= 0.3 is 0 Å². The number of hydrogen-bond donors (Lipinski definition) is 3. The predicted octanol–water partition coefficient (Wildman–Crippen LogP) is 0.163. The number of rotatable bonds is 5. The number of nitrogens with zero attached hydrogens (tertiary/aromatic N) is 5. The Bertz CT molecular complexity index is 922. The summed E-state index contributed by atoms with van der Waals surface area (Å²) in [6.45, 7) is 1.07. The Morgan fingerprint density at radius 2 is 2.22 bits per heavy atom. The zero-order valence-electron chi connectivity index (χ0n) is 14.4. The summed E-state index contributed by atoms with van der Waals surface area (Å²) in [7, 11) is 0. The summed E-state index contributed by atoms with van der Waals surface area (Å²) in [4.78, 5) is 33.6. The van der Waals surface area contributed by atoms with Crippen molar-refractivity contribution in [2.24, 2.45) is 0 Å². The standard InChI is InChI=1S/C17H18N8O2/c26-15(8-11-2-1-6-18-9-11)19-12-5-7-25(10-12)17(27)14-4-3-13(20-14)16-21-23-24-22-16/h1-4,6,9,12,20H,5,7-8,10H2,(H,19,26)(H,21,22,23,24)/t12-/m0/s1. The number of carbonyl (C=O) groups is 2. The van der Waals surface area contributed by atoms with Crippen LogP contribution in [-0.2, 0) is 11.2 Å². The van der Waals surface area contributed by atoms with Gasteiger partial charge in [-0.15, -0.1) is 10.2 Å². The third kappa shape index (κ3) is 3.84. The fraction of sp³-hybridized carbons (Fsp3) is 0.294. The van der Waals surface area contributed by atoms with E-state index in [9.17, 15) is 9.59 Å². The van der Waals surface area contributed by atoms with Gasteiger partial charge in [-0.3, -0.25) is 14.6 Å². The Labute approximate surface area is 154 Å². The van der Waals surface area contributed by atoms with Crippen LogP contribution >= 0.6 is 0 Å². The molecule has 3 aromatic heterocycles. The van der Waals surface area contributed by atoms with Crippen LogP contribution in [0.1, 0.15) is 22.5 Å². The lowest BCUT2D eigenvalue weighted by atomic mass is 10.2. The first kappa shape index (κ1) is 16.9. The van der Waals surface area contributed by atoms with Crippen LogP contribution in [0, 0.1) is 0 Å². The molecule has 0 spiro atoms. The monoisotopic (exact) mass is 366 g/mol. The van der Waals surface area contributed by atoms with Crippen molar-refractivity contribution in [2.75, 3.05) is 13.1 Å². The van der Waals surface area contributed by atoms with Crippen molar-refractivity contribution in [1.82, 2.24) is 40.8 Å². The largest absolute Gasteiger partial charge is 0.351 e. The number of tetrazole rings is 1. The Morgan fingerprint density at radius 3 is 3.00 bits per heavy atom. The van der Waals surface area contributed by atoms with Crippen molar-refractivity contribution < 1.29 is 9.59 Å². The Balaban J connectivity index is 1.32. The maximum absolute atomic E-state index is 12.7. The van der Waals surface area contributed by atoms with Crippen LogP contribution in [0.3, 0.4) is 0 Å². The number of aromatic amines is 2. The molecule has 27 heavy (non-hydrogen) atoms. The van der Waals surface area contributed by atoms with E-state index in [2.05, 4.69) is 35.9 Å². The highest BCUT2D eigenvalue weighted by molar-refractivity contribution is 5.93. The summed E-state index contributed by atoms with van der Waals surface area (Å²) < 4.78 is 0. The smallest absolute Gasteiger partial charge is 0.270 e. The number of likely N-dealkylation sites (tertiary alicyclic amines) is 1. The third-order valence-electron chi connectivity index (χ3n) is 4.43. The van der Waals surface area contributed by atoms with E-state index in [1.807, 2.05) is 6.07 Å². The minimum absolute atomic E-state index is 0.0511. The highest BCUT2D eigenvalue weighted by atomic mass is 16.2. The summed E-state index contributed by atoms with van der Waals surface area (Å²) in [5.41, 5.74) is 1.94. The first-order valence-electron chi connectivity index (χ1n) is 8.59. The van der Waals surface area contributed by atoms with Gasteiger partial charge in [-0.1, -0.05) is 6.07 Å². The van der Waals surface area contributed by atoms with Gasteiger partial charge in [-0.2, -0.15) is 5.21 Å². The van der Waals surface area contributed by atoms with E-state index in [1.165, 1.54) is 0 Å². The van der Waals surface area contributed by atoms with Gasteiger partial charge in [0.25, 0.3) is 5.91 Å². The molecular formula is C17H18N8O2. The van der Waals surface area contributed by atoms with Crippen LogP contribution in [-0.4, -0.2) is 66.4 Å². The zero-order chi connectivity index (χ0) is 18.6. The van der Waals surface area contributed by atoms with E-state index in [1.54, 1.807) is 35.5 Å². The first-order chi connectivity index (χ1) is 13.2. The van der Waals surface area contributed by atoms with Crippen molar-refractivity contribution in [3.05, 3.63) is 47.9 Å². The van der Waals surface area contributed by atoms with Crippen molar-refractivity contribution in [1.29, 1.82) is 0 Å². The maximum Gasteiger partial charge on any atom is 0.270 e. The highest BCUT2D eigenvalue weighted by Gasteiger charge is 2.28. The average molecular weight is 366 g/mol. The molecule has 0 radical (unpaired) electrons. The second-order valence-electron chi connectivity index (χ2n) is 6.36. The fourth-order valence-corrected chi connectivity index (χ4v) is 3.13. The van der Waals surface area contributed by atoms with Crippen LogP contribution in [0.4, 0.5) is 0 Å². The topological polar surface area (TPSA) is 133 Å². The van der Waals surface area contributed by atoms with Gasteiger partial charge in [0.2, 0.25) is 11.7 Å². The summed E-state index contributed by atoms with van der Waals surface area (Å²) >= 11 is 0. The molecular weight excluding hydrogens is 348 g/mol. The molecule has 138 valence electrons. The predicted molar refractivity (Wildman–Crippen MR) is 94.4 cm³/mol. The average Bonchev–Trinajstić information content (AvgIpc) is 3.42. The molecule has 0 aromatic carbocycles. The maximum atomic E-state index is 12.7. The van der Waals surface area contributed by atoms with Gasteiger partial charge in [-0.25, -0.2) is 0 Å². The fourth-order valence-electron chi connectivity index (χ4n) is 3.13. The first-order valence-corrected chi connectivity index (χ1v) is 8.59. The van der Waals surface area contributed by atoms with E-state index < -0.39 is 0 Å². The van der Waals surface area contributed by atoms with E-state index >= 15 is 0 Å². The second-order valence-corrected chi connectivity index (χ2v) is 6.36. The SMILES string of the molecule is O=C(Cc1cccnc1)N[C@H]1CCN(C(=O)c2ccc(-c3nn[nH]n3)[nH]2)C1. The number of H-pyrrole nitrogens is 2. The summed E-state index contributed by atoms with van der Waals surface area (Å²) in [6, 6.07) is 7.05. The Hall–Kier alpha value is -3.56. The number of hydrogen-bond acceptors (Lipinski definition) is 6. The van der Waals surface area contributed by atoms with Crippen LogP contribution in [0.5, 0.6) is 0 Å². The number of carbonyl (C=O) groups excluding carboxylic acids is 2. The van der Waals surface area contributed by atoms with E-state index in [0.29, 0.717) is 30.3 Å². The van der Waals surface area contributed by atoms with E-state index in [4.69, 9.17) is 0 Å². The summed E-state index contributed by atoms with van der Waals surface area (Å²) in [5, 5.41) is 16.6. The van der Waals surface area contributed by atoms with Crippen LogP contribution in [0.2, 0.25) is 0 Å². The van der Waals surface area contributed by atoms with Gasteiger partial charge in [0.1, 0.15) is 5.69 Å². The van der Waals surface area contributed by atoms with Gasteiger partial charge < -0.3 is 15.2 Å². The molecule has 1 saturated heterocycles. The lowest BCUT2D eigenvalue weighted by molar-refractivity contribution is -0.121. The minimum atomic E-state index is -0.117. The molecule has 4 rings (SSSR count). The normalized spacial score (nSPS) is 16.4. The van der Waals surface area contributed by atoms with Gasteiger partial charge in [0.15, 0.2) is 0 Å². The molecule has 0 bridgehead atoms. The van der Waals surface area contributed by atoms with Gasteiger partial charge in [0.05, 0.1) is 12.1 Å². The number of pyridine rings is 1. The number of nitrogens with one attached hydrogen (secondary N) is 3. The molecule has 0 unspecified atom stereocenters. The van der Waals surface area contributed by atoms with Crippen molar-refractivity contribution in [3.8, 4) is 11.5 Å². The number of amides is 2. The number of aromatic nitrogens is 6. The molecule has 10 heteroatoms. The quantitative estimate of drug-likeness (QED) is 0.589. The molecule has 1 fully saturated rings. The molecule has 1 aliphatic heterocycles. The van der Waals surface area contributed by atoms with Gasteiger partial charge in [-0.05, 0) is 35.4 Å². The minimum Gasteiger partial charge on any atom is -0.351 e. The van der Waals surface area contributed by atoms with Crippen molar-refractivity contribution in [3.63, 3.8) is 0 Å². The zero-order valence-corrected chi connectivity index (χ0v) is 14.4.